The van der Waals surface area contributed by atoms with Gasteiger partial charge in [0.25, 0.3) is 0 Å². The minimum absolute atomic E-state index is 0.254. The Balaban J connectivity index is 1.94. The average Bonchev–Trinajstić information content (AvgIpc) is 3.02. The molecule has 0 amide bonds. The number of hydrogen-bond donors (Lipinski definition) is 3. The fourth-order valence-corrected chi connectivity index (χ4v) is 1.48. The van der Waals surface area contributed by atoms with Gasteiger partial charge in [-0.3, -0.25) is 0 Å². The van der Waals surface area contributed by atoms with Crippen LogP contribution in [0.2, 0.25) is 0 Å². The maximum atomic E-state index is 9.67. The van der Waals surface area contributed by atoms with E-state index in [0.29, 0.717) is 18.3 Å². The number of nitrogen functional groups attached to an aromatic ring is 1. The molecule has 1 aromatic rings. The lowest BCUT2D eigenvalue weighted by atomic mass is 10.2. The fourth-order valence-electron chi connectivity index (χ4n) is 1.48. The zero-order chi connectivity index (χ0) is 10.8. The number of hydrogen-bond acceptors (Lipinski definition) is 5. The molecule has 82 valence electrons. The second-order valence-electron chi connectivity index (χ2n) is 4.05. The molecule has 5 heteroatoms. The van der Waals surface area contributed by atoms with E-state index in [1.807, 2.05) is 6.92 Å². The molecule has 0 spiro atoms. The van der Waals surface area contributed by atoms with Crippen molar-refractivity contribution in [1.82, 2.24) is 9.97 Å². The van der Waals surface area contributed by atoms with Crippen molar-refractivity contribution in [3.8, 4) is 0 Å². The van der Waals surface area contributed by atoms with Crippen molar-refractivity contribution in [3.63, 3.8) is 0 Å². The molecule has 4 N–H and O–H groups in total. The Bertz CT molecular complexity index is 351. The highest BCUT2D eigenvalue weighted by molar-refractivity contribution is 5.45. The van der Waals surface area contributed by atoms with E-state index >= 15 is 0 Å². The van der Waals surface area contributed by atoms with Crippen molar-refractivity contribution in [2.24, 2.45) is 5.92 Å². The van der Waals surface area contributed by atoms with Crippen LogP contribution in [-0.2, 0) is 0 Å². The summed E-state index contributed by atoms with van der Waals surface area (Å²) in [4.78, 5) is 7.95. The lowest BCUT2D eigenvalue weighted by Crippen LogP contribution is -2.22. The Morgan fingerprint density at radius 2 is 2.40 bits per heavy atom. The number of rotatable bonds is 4. The largest absolute Gasteiger partial charge is 0.391 e. The lowest BCUT2D eigenvalue weighted by molar-refractivity contribution is 0.164. The zero-order valence-corrected chi connectivity index (χ0v) is 8.77. The quantitative estimate of drug-likeness (QED) is 0.673. The molecule has 15 heavy (non-hydrogen) atoms. The average molecular weight is 208 g/mol. The number of aliphatic hydroxyl groups is 1. The van der Waals surface area contributed by atoms with Crippen LogP contribution in [0.25, 0.3) is 0 Å². The summed E-state index contributed by atoms with van der Waals surface area (Å²) in [6.45, 7) is 2.44. The van der Waals surface area contributed by atoms with Crippen LogP contribution >= 0.6 is 0 Å². The van der Waals surface area contributed by atoms with E-state index in [9.17, 15) is 5.11 Å². The van der Waals surface area contributed by atoms with Gasteiger partial charge >= 0.3 is 0 Å². The van der Waals surface area contributed by atoms with E-state index < -0.39 is 0 Å². The van der Waals surface area contributed by atoms with Gasteiger partial charge in [0.1, 0.15) is 5.82 Å². The predicted octanol–water partition coefficient (Wildman–Crippen LogP) is 0.550. The normalized spacial score (nSPS) is 17.5. The molecule has 1 aliphatic rings. The van der Waals surface area contributed by atoms with Gasteiger partial charge in [0.05, 0.1) is 6.10 Å². The van der Waals surface area contributed by atoms with E-state index in [-0.39, 0.29) is 12.1 Å². The maximum absolute atomic E-state index is 9.67. The third kappa shape index (κ3) is 2.56. The first kappa shape index (κ1) is 10.2. The summed E-state index contributed by atoms with van der Waals surface area (Å²) in [5.74, 6) is 1.43. The highest BCUT2D eigenvalue weighted by Crippen LogP contribution is 2.32. The first-order chi connectivity index (χ1) is 7.16. The highest BCUT2D eigenvalue weighted by Gasteiger charge is 2.29. The topological polar surface area (TPSA) is 84.1 Å². The number of aliphatic hydroxyl groups excluding tert-OH is 1. The van der Waals surface area contributed by atoms with E-state index in [1.54, 1.807) is 6.20 Å². The van der Waals surface area contributed by atoms with Gasteiger partial charge in [0.15, 0.2) is 0 Å². The SMILES string of the molecule is Cc1cnc(N)nc1NCC(O)C1CC1. The molecule has 1 atom stereocenters. The number of nitrogens with zero attached hydrogens (tertiary/aromatic N) is 2. The minimum atomic E-state index is -0.277. The second-order valence-corrected chi connectivity index (χ2v) is 4.05. The van der Waals surface area contributed by atoms with Crippen molar-refractivity contribution in [3.05, 3.63) is 11.8 Å². The fraction of sp³-hybridized carbons (Fsp3) is 0.600. The monoisotopic (exact) mass is 208 g/mol. The molecule has 0 aromatic carbocycles. The number of anilines is 2. The Morgan fingerprint density at radius 3 is 3.07 bits per heavy atom. The molecular formula is C10H16N4O. The molecule has 5 nitrogen and oxygen atoms in total. The first-order valence-corrected chi connectivity index (χ1v) is 5.18. The van der Waals surface area contributed by atoms with Crippen molar-refractivity contribution >= 4 is 11.8 Å². The Morgan fingerprint density at radius 1 is 1.67 bits per heavy atom. The summed E-state index contributed by atoms with van der Waals surface area (Å²) in [7, 11) is 0. The van der Waals surface area contributed by atoms with Gasteiger partial charge in [-0.1, -0.05) is 0 Å². The molecule has 0 radical (unpaired) electrons. The molecule has 1 saturated carbocycles. The Labute approximate surface area is 88.7 Å². The summed E-state index contributed by atoms with van der Waals surface area (Å²) in [5, 5.41) is 12.8. The van der Waals surface area contributed by atoms with Gasteiger partial charge in [-0.2, -0.15) is 4.98 Å². The molecule has 0 aliphatic heterocycles. The molecule has 0 bridgehead atoms. The molecule has 1 unspecified atom stereocenters. The summed E-state index contributed by atoms with van der Waals surface area (Å²) < 4.78 is 0. The smallest absolute Gasteiger partial charge is 0.221 e. The van der Waals surface area contributed by atoms with Gasteiger partial charge in [0.2, 0.25) is 5.95 Å². The maximum Gasteiger partial charge on any atom is 0.221 e. The summed E-state index contributed by atoms with van der Waals surface area (Å²) in [5.41, 5.74) is 6.42. The van der Waals surface area contributed by atoms with Crippen molar-refractivity contribution < 1.29 is 5.11 Å². The number of nitrogens with one attached hydrogen (secondary N) is 1. The number of aryl methyl sites for hydroxylation is 1. The molecule has 1 aliphatic carbocycles. The number of nitrogens with two attached hydrogens (primary N) is 1. The van der Waals surface area contributed by atoms with Crippen LogP contribution in [0.5, 0.6) is 0 Å². The summed E-state index contributed by atoms with van der Waals surface area (Å²) >= 11 is 0. The van der Waals surface area contributed by atoms with E-state index in [4.69, 9.17) is 5.73 Å². The van der Waals surface area contributed by atoms with Gasteiger partial charge < -0.3 is 16.2 Å². The van der Waals surface area contributed by atoms with E-state index in [1.165, 1.54) is 0 Å². The van der Waals surface area contributed by atoms with Crippen LogP contribution in [0.4, 0.5) is 11.8 Å². The third-order valence-corrected chi connectivity index (χ3v) is 2.64. The summed E-state index contributed by atoms with van der Waals surface area (Å²) in [6.07, 6.45) is 3.66. The first-order valence-electron chi connectivity index (χ1n) is 5.18. The zero-order valence-electron chi connectivity index (χ0n) is 8.77. The van der Waals surface area contributed by atoms with Gasteiger partial charge in [0, 0.05) is 18.3 Å². The van der Waals surface area contributed by atoms with Gasteiger partial charge in [-0.25, -0.2) is 4.98 Å². The third-order valence-electron chi connectivity index (χ3n) is 2.64. The van der Waals surface area contributed by atoms with E-state index in [0.717, 1.165) is 18.4 Å². The van der Waals surface area contributed by atoms with Crippen LogP contribution in [-0.4, -0.2) is 27.7 Å². The van der Waals surface area contributed by atoms with Gasteiger partial charge in [-0.05, 0) is 25.7 Å². The van der Waals surface area contributed by atoms with Crippen LogP contribution in [0.15, 0.2) is 6.20 Å². The van der Waals surface area contributed by atoms with Crippen LogP contribution < -0.4 is 11.1 Å². The van der Waals surface area contributed by atoms with Crippen molar-refractivity contribution in [2.45, 2.75) is 25.9 Å². The van der Waals surface area contributed by atoms with Crippen LogP contribution in [0.3, 0.4) is 0 Å². The number of aromatic nitrogens is 2. The predicted molar refractivity (Wildman–Crippen MR) is 58.4 cm³/mol. The van der Waals surface area contributed by atoms with E-state index in [2.05, 4.69) is 15.3 Å². The Kier molecular flexibility index (Phi) is 2.73. The lowest BCUT2D eigenvalue weighted by Gasteiger charge is -2.12. The molecule has 0 saturated heterocycles. The second kappa shape index (κ2) is 4.02. The molecule has 2 rings (SSSR count). The van der Waals surface area contributed by atoms with Crippen molar-refractivity contribution in [1.29, 1.82) is 0 Å². The standard InChI is InChI=1S/C10H16N4O/c1-6-4-13-10(11)14-9(6)12-5-8(15)7-2-3-7/h4,7-8,15H,2-3,5H2,1H3,(H3,11,12,13,14). The molecular weight excluding hydrogens is 192 g/mol. The molecule has 1 aromatic heterocycles. The van der Waals surface area contributed by atoms with Crippen LogP contribution in [0.1, 0.15) is 18.4 Å². The molecule has 1 heterocycles. The highest BCUT2D eigenvalue weighted by atomic mass is 16.3. The van der Waals surface area contributed by atoms with Gasteiger partial charge in [-0.15, -0.1) is 0 Å². The summed E-state index contributed by atoms with van der Waals surface area (Å²) in [6, 6.07) is 0. The molecule has 1 fully saturated rings. The Hall–Kier alpha value is -1.36. The van der Waals surface area contributed by atoms with Crippen LogP contribution in [0, 0.1) is 12.8 Å². The minimum Gasteiger partial charge on any atom is -0.391 e. The van der Waals surface area contributed by atoms with Crippen molar-refractivity contribution in [2.75, 3.05) is 17.6 Å².